The van der Waals surface area contributed by atoms with Crippen molar-refractivity contribution in [3.8, 4) is 0 Å². The van der Waals surface area contributed by atoms with Crippen molar-refractivity contribution in [3.63, 3.8) is 0 Å². The zero-order chi connectivity index (χ0) is 21.2. The van der Waals surface area contributed by atoms with E-state index >= 15 is 0 Å². The molecule has 0 spiro atoms. The maximum Gasteiger partial charge on any atom is 0.220 e. The third-order valence-corrected chi connectivity index (χ3v) is 6.54. The summed E-state index contributed by atoms with van der Waals surface area (Å²) in [7, 11) is 1.81. The Bertz CT molecular complexity index is 693. The number of rotatable bonds is 9. The first kappa shape index (κ1) is 22.4. The third kappa shape index (κ3) is 6.61. The van der Waals surface area contributed by atoms with Gasteiger partial charge in [-0.15, -0.1) is 0 Å². The molecule has 7 nitrogen and oxygen atoms in total. The van der Waals surface area contributed by atoms with Gasteiger partial charge in [0.2, 0.25) is 5.91 Å². The molecule has 0 aromatic carbocycles. The van der Waals surface area contributed by atoms with Crippen molar-refractivity contribution in [2.75, 3.05) is 31.6 Å². The van der Waals surface area contributed by atoms with Crippen LogP contribution in [0.4, 0.5) is 5.82 Å². The molecule has 0 atom stereocenters. The first-order chi connectivity index (χ1) is 14.7. The molecular weight excluding hydrogens is 376 g/mol. The van der Waals surface area contributed by atoms with Crippen molar-refractivity contribution in [2.45, 2.75) is 64.3 Å². The lowest BCUT2D eigenvalue weighted by molar-refractivity contribution is -0.122. The number of aromatic nitrogens is 1. The van der Waals surface area contributed by atoms with Crippen molar-refractivity contribution >= 4 is 17.7 Å². The van der Waals surface area contributed by atoms with Crippen molar-refractivity contribution < 1.29 is 4.79 Å². The number of nitrogens with zero attached hydrogens (tertiary/aromatic N) is 3. The normalized spacial score (nSPS) is 18.6. The number of unbranched alkanes of at least 4 members (excludes halogenated alkanes) is 1. The number of anilines is 1. The Morgan fingerprint density at radius 1 is 1.20 bits per heavy atom. The van der Waals surface area contributed by atoms with Gasteiger partial charge in [0.1, 0.15) is 5.82 Å². The molecule has 30 heavy (non-hydrogen) atoms. The van der Waals surface area contributed by atoms with E-state index in [1.807, 2.05) is 19.3 Å². The predicted octanol–water partition coefficient (Wildman–Crippen LogP) is 2.81. The molecule has 1 aliphatic heterocycles. The summed E-state index contributed by atoms with van der Waals surface area (Å²) in [4.78, 5) is 22.7. The second kappa shape index (κ2) is 11.8. The van der Waals surface area contributed by atoms with Crippen molar-refractivity contribution in [1.82, 2.24) is 15.6 Å². The molecule has 1 aromatic heterocycles. The molecular formula is C23H38N6O. The molecule has 4 N–H and O–H groups in total. The van der Waals surface area contributed by atoms with Gasteiger partial charge >= 0.3 is 0 Å². The quantitative estimate of drug-likeness (QED) is 0.328. The summed E-state index contributed by atoms with van der Waals surface area (Å²) in [5, 5.41) is 6.86. The molecule has 2 aliphatic rings. The van der Waals surface area contributed by atoms with E-state index in [0.29, 0.717) is 6.54 Å². The number of aliphatic imine (C=N–C) groups is 1. The number of amides is 1. The molecule has 2 fully saturated rings. The van der Waals surface area contributed by atoms with Gasteiger partial charge in [-0.25, -0.2) is 4.98 Å². The number of nitrogens with one attached hydrogen (secondary N) is 2. The zero-order valence-corrected chi connectivity index (χ0v) is 18.4. The van der Waals surface area contributed by atoms with Crippen LogP contribution in [0, 0.1) is 11.8 Å². The lowest BCUT2D eigenvalue weighted by Gasteiger charge is -2.32. The van der Waals surface area contributed by atoms with Gasteiger partial charge in [-0.05, 0) is 31.2 Å². The summed E-state index contributed by atoms with van der Waals surface area (Å²) in [5.41, 5.74) is 6.60. The monoisotopic (exact) mass is 414 g/mol. The Labute approximate surface area is 180 Å². The summed E-state index contributed by atoms with van der Waals surface area (Å²) >= 11 is 0. The number of carbonyl (C=O) groups is 1. The van der Waals surface area contributed by atoms with Crippen LogP contribution in [0.2, 0.25) is 0 Å². The molecule has 3 rings (SSSR count). The van der Waals surface area contributed by atoms with Gasteiger partial charge in [-0.1, -0.05) is 44.6 Å². The fourth-order valence-corrected chi connectivity index (χ4v) is 4.69. The largest absolute Gasteiger partial charge is 0.369 e. The maximum atomic E-state index is 11.4. The molecule has 0 radical (unpaired) electrons. The smallest absolute Gasteiger partial charge is 0.220 e. The highest BCUT2D eigenvalue weighted by molar-refractivity contribution is 5.79. The third-order valence-electron chi connectivity index (χ3n) is 6.54. The zero-order valence-electron chi connectivity index (χ0n) is 18.4. The molecule has 0 unspecified atom stereocenters. The van der Waals surface area contributed by atoms with E-state index in [0.717, 1.165) is 55.7 Å². The summed E-state index contributed by atoms with van der Waals surface area (Å²) in [5.74, 6) is 2.59. The van der Waals surface area contributed by atoms with Crippen LogP contribution in [-0.4, -0.2) is 43.5 Å². The minimum Gasteiger partial charge on any atom is -0.369 e. The average molecular weight is 415 g/mol. The highest BCUT2D eigenvalue weighted by Gasteiger charge is 2.25. The second-order valence-electron chi connectivity index (χ2n) is 8.65. The SMILES string of the molecule is CN=C(NCCCCC1CCCC1)NCc1cccnc1N1CCC(C(N)=O)CC1. The first-order valence-corrected chi connectivity index (χ1v) is 11.6. The van der Waals surface area contributed by atoms with Crippen LogP contribution in [0.1, 0.15) is 63.4 Å². The van der Waals surface area contributed by atoms with Crippen LogP contribution in [0.25, 0.3) is 0 Å². The number of nitrogens with two attached hydrogens (primary N) is 1. The number of hydrogen-bond donors (Lipinski definition) is 3. The number of primary amides is 1. The second-order valence-corrected chi connectivity index (χ2v) is 8.65. The highest BCUT2D eigenvalue weighted by atomic mass is 16.1. The molecule has 2 heterocycles. The average Bonchev–Trinajstić information content (AvgIpc) is 3.29. The van der Waals surface area contributed by atoms with E-state index < -0.39 is 0 Å². The van der Waals surface area contributed by atoms with Crippen LogP contribution in [-0.2, 0) is 11.3 Å². The number of guanidine groups is 1. The van der Waals surface area contributed by atoms with Gasteiger partial charge in [0.05, 0.1) is 0 Å². The van der Waals surface area contributed by atoms with E-state index in [9.17, 15) is 4.79 Å². The van der Waals surface area contributed by atoms with Gasteiger partial charge in [-0.3, -0.25) is 9.79 Å². The Morgan fingerprint density at radius 2 is 1.97 bits per heavy atom. The maximum absolute atomic E-state index is 11.4. The van der Waals surface area contributed by atoms with E-state index in [-0.39, 0.29) is 11.8 Å². The van der Waals surface area contributed by atoms with Crippen LogP contribution in [0.5, 0.6) is 0 Å². The van der Waals surface area contributed by atoms with Crippen LogP contribution < -0.4 is 21.3 Å². The Kier molecular flexibility index (Phi) is 8.78. The number of carbonyl (C=O) groups excluding carboxylic acids is 1. The topological polar surface area (TPSA) is 95.6 Å². The summed E-state index contributed by atoms with van der Waals surface area (Å²) < 4.78 is 0. The van der Waals surface area contributed by atoms with Gasteiger partial charge in [0, 0.05) is 50.9 Å². The fourth-order valence-electron chi connectivity index (χ4n) is 4.69. The van der Waals surface area contributed by atoms with Gasteiger partial charge in [0.15, 0.2) is 5.96 Å². The standard InChI is InChI=1S/C23H38N6O/c1-25-23(27-13-5-4-9-18-7-2-3-8-18)28-17-20-10-6-14-26-22(20)29-15-11-19(12-16-29)21(24)30/h6,10,14,18-19H,2-5,7-9,11-13,15-17H2,1H3,(H2,24,30)(H2,25,27,28). The number of piperidine rings is 1. The van der Waals surface area contributed by atoms with E-state index in [2.05, 4.69) is 31.6 Å². The van der Waals surface area contributed by atoms with E-state index in [1.165, 1.54) is 44.9 Å². The molecule has 166 valence electrons. The predicted molar refractivity (Wildman–Crippen MR) is 122 cm³/mol. The minimum absolute atomic E-state index is 0.0109. The number of pyridine rings is 1. The van der Waals surface area contributed by atoms with Crippen molar-refractivity contribution in [1.29, 1.82) is 0 Å². The summed E-state index contributed by atoms with van der Waals surface area (Å²) in [6, 6.07) is 4.07. The van der Waals surface area contributed by atoms with Gasteiger partial charge in [0.25, 0.3) is 0 Å². The van der Waals surface area contributed by atoms with Crippen LogP contribution >= 0.6 is 0 Å². The molecule has 1 saturated carbocycles. The summed E-state index contributed by atoms with van der Waals surface area (Å²) in [6.07, 6.45) is 13.0. The van der Waals surface area contributed by atoms with Crippen molar-refractivity contribution in [2.24, 2.45) is 22.6 Å². The first-order valence-electron chi connectivity index (χ1n) is 11.6. The van der Waals surface area contributed by atoms with E-state index in [4.69, 9.17) is 5.73 Å². The van der Waals surface area contributed by atoms with Crippen LogP contribution in [0.15, 0.2) is 23.3 Å². The lowest BCUT2D eigenvalue weighted by atomic mass is 9.96. The molecule has 7 heteroatoms. The lowest BCUT2D eigenvalue weighted by Crippen LogP contribution is -2.40. The van der Waals surface area contributed by atoms with Crippen molar-refractivity contribution in [3.05, 3.63) is 23.9 Å². The van der Waals surface area contributed by atoms with Crippen LogP contribution in [0.3, 0.4) is 0 Å². The Hall–Kier alpha value is -2.31. The number of hydrogen-bond acceptors (Lipinski definition) is 4. The Morgan fingerprint density at radius 3 is 2.67 bits per heavy atom. The molecule has 1 aromatic rings. The Balaban J connectivity index is 1.42. The van der Waals surface area contributed by atoms with Gasteiger partial charge < -0.3 is 21.3 Å². The van der Waals surface area contributed by atoms with Gasteiger partial charge in [-0.2, -0.15) is 0 Å². The minimum atomic E-state index is -0.185. The molecule has 1 amide bonds. The highest BCUT2D eigenvalue weighted by Crippen LogP contribution is 2.28. The molecule has 0 bridgehead atoms. The summed E-state index contributed by atoms with van der Waals surface area (Å²) in [6.45, 7) is 3.24. The molecule has 1 saturated heterocycles. The molecule has 1 aliphatic carbocycles. The van der Waals surface area contributed by atoms with E-state index in [1.54, 1.807) is 0 Å². The fraction of sp³-hybridized carbons (Fsp3) is 0.696.